The van der Waals surface area contributed by atoms with E-state index in [1.54, 1.807) is 25.4 Å². The summed E-state index contributed by atoms with van der Waals surface area (Å²) in [6, 6.07) is 6.70. The molecule has 7 heteroatoms. The van der Waals surface area contributed by atoms with Gasteiger partial charge in [-0.15, -0.1) is 24.0 Å². The molecule has 1 aromatic carbocycles. The Morgan fingerprint density at radius 3 is 2.65 bits per heavy atom. The highest BCUT2D eigenvalue weighted by molar-refractivity contribution is 14.0. The Balaban J connectivity index is 0.00000338. The maximum Gasteiger partial charge on any atom is 0.213 e. The molecule has 2 rings (SSSR count). The fourth-order valence-electron chi connectivity index (χ4n) is 2.31. The molecule has 0 unspecified atom stereocenters. The highest BCUT2D eigenvalue weighted by Crippen LogP contribution is 2.22. The molecule has 144 valence electrons. The summed E-state index contributed by atoms with van der Waals surface area (Å²) in [4.78, 5) is 8.47. The summed E-state index contributed by atoms with van der Waals surface area (Å²) >= 11 is 0. The second-order valence-electron chi connectivity index (χ2n) is 6.95. The SMILES string of the molecule is CN=C(NCCCc1cccc(F)c1)NCc1ncc(C(C)(C)C)o1.I. The van der Waals surface area contributed by atoms with E-state index in [1.807, 2.05) is 6.07 Å². The van der Waals surface area contributed by atoms with Crippen molar-refractivity contribution in [1.82, 2.24) is 15.6 Å². The molecule has 0 fully saturated rings. The molecule has 0 aliphatic carbocycles. The van der Waals surface area contributed by atoms with Crippen LogP contribution in [0.5, 0.6) is 0 Å². The van der Waals surface area contributed by atoms with Gasteiger partial charge in [0, 0.05) is 19.0 Å². The van der Waals surface area contributed by atoms with Crippen LogP contribution in [0.3, 0.4) is 0 Å². The van der Waals surface area contributed by atoms with Crippen LogP contribution in [-0.2, 0) is 18.4 Å². The van der Waals surface area contributed by atoms with Crippen molar-refractivity contribution in [3.63, 3.8) is 0 Å². The summed E-state index contributed by atoms with van der Waals surface area (Å²) in [7, 11) is 1.72. The van der Waals surface area contributed by atoms with Crippen LogP contribution in [0, 0.1) is 5.82 Å². The number of aromatic nitrogens is 1. The van der Waals surface area contributed by atoms with Gasteiger partial charge in [0.25, 0.3) is 0 Å². The van der Waals surface area contributed by atoms with E-state index in [9.17, 15) is 4.39 Å². The van der Waals surface area contributed by atoms with Crippen molar-refractivity contribution in [2.24, 2.45) is 4.99 Å². The highest BCUT2D eigenvalue weighted by Gasteiger charge is 2.19. The molecule has 0 aliphatic heterocycles. The lowest BCUT2D eigenvalue weighted by atomic mass is 9.94. The molecule has 5 nitrogen and oxygen atoms in total. The number of rotatable bonds is 6. The zero-order chi connectivity index (χ0) is 18.3. The second kappa shape index (κ2) is 10.5. The lowest BCUT2D eigenvalue weighted by Gasteiger charge is -2.13. The van der Waals surface area contributed by atoms with Gasteiger partial charge in [-0.05, 0) is 30.5 Å². The molecule has 2 aromatic rings. The summed E-state index contributed by atoms with van der Waals surface area (Å²) in [5.41, 5.74) is 0.946. The molecular weight excluding hydrogens is 446 g/mol. The number of nitrogens with zero attached hydrogens (tertiary/aromatic N) is 2. The molecular formula is C19H28FIN4O. The van der Waals surface area contributed by atoms with Crippen molar-refractivity contribution in [3.8, 4) is 0 Å². The maximum absolute atomic E-state index is 13.1. The first kappa shape index (κ1) is 22.4. The van der Waals surface area contributed by atoms with E-state index < -0.39 is 0 Å². The number of nitrogens with one attached hydrogen (secondary N) is 2. The van der Waals surface area contributed by atoms with Crippen LogP contribution in [0.2, 0.25) is 0 Å². The van der Waals surface area contributed by atoms with E-state index in [2.05, 4.69) is 41.4 Å². The Morgan fingerprint density at radius 2 is 2.04 bits per heavy atom. The van der Waals surface area contributed by atoms with Crippen molar-refractivity contribution in [2.75, 3.05) is 13.6 Å². The first-order chi connectivity index (χ1) is 11.9. The quantitative estimate of drug-likeness (QED) is 0.287. The number of aliphatic imine (C=N–C) groups is 1. The third kappa shape index (κ3) is 7.31. The van der Waals surface area contributed by atoms with E-state index >= 15 is 0 Å². The van der Waals surface area contributed by atoms with Crippen LogP contribution in [0.25, 0.3) is 0 Å². The molecule has 0 bridgehead atoms. The van der Waals surface area contributed by atoms with Gasteiger partial charge < -0.3 is 15.1 Å². The van der Waals surface area contributed by atoms with Crippen LogP contribution < -0.4 is 10.6 Å². The van der Waals surface area contributed by atoms with Crippen molar-refractivity contribution in [3.05, 3.63) is 53.5 Å². The molecule has 0 saturated heterocycles. The van der Waals surface area contributed by atoms with Crippen LogP contribution in [-0.4, -0.2) is 24.5 Å². The van der Waals surface area contributed by atoms with E-state index in [0.717, 1.165) is 30.7 Å². The minimum Gasteiger partial charge on any atom is -0.443 e. The normalized spacial score (nSPS) is 11.8. The molecule has 0 saturated carbocycles. The number of aryl methyl sites for hydroxylation is 1. The Kier molecular flexibility index (Phi) is 9.04. The molecule has 2 N–H and O–H groups in total. The average Bonchev–Trinajstić information content (AvgIpc) is 3.03. The molecule has 1 aromatic heterocycles. The van der Waals surface area contributed by atoms with Crippen LogP contribution >= 0.6 is 24.0 Å². The molecule has 0 spiro atoms. The van der Waals surface area contributed by atoms with Crippen LogP contribution in [0.4, 0.5) is 4.39 Å². The largest absolute Gasteiger partial charge is 0.443 e. The number of hydrogen-bond donors (Lipinski definition) is 2. The van der Waals surface area contributed by atoms with Gasteiger partial charge in [-0.2, -0.15) is 0 Å². The summed E-state index contributed by atoms with van der Waals surface area (Å²) in [6.45, 7) is 7.48. The molecule has 26 heavy (non-hydrogen) atoms. The zero-order valence-electron chi connectivity index (χ0n) is 15.8. The Hall–Kier alpha value is -1.64. The molecule has 0 aliphatic rings. The monoisotopic (exact) mass is 474 g/mol. The van der Waals surface area contributed by atoms with Crippen molar-refractivity contribution < 1.29 is 8.81 Å². The van der Waals surface area contributed by atoms with Crippen LogP contribution in [0.1, 0.15) is 44.4 Å². The van der Waals surface area contributed by atoms with Gasteiger partial charge in [0.15, 0.2) is 5.96 Å². The molecule has 0 radical (unpaired) electrons. The number of guanidine groups is 1. The Labute approximate surface area is 171 Å². The number of hydrogen-bond acceptors (Lipinski definition) is 3. The standard InChI is InChI=1S/C19H27FN4O.HI/c1-19(2,3)16-12-23-17(25-16)13-24-18(21-4)22-10-6-8-14-7-5-9-15(20)11-14;/h5,7,9,11-12H,6,8,10,13H2,1-4H3,(H2,21,22,24);1H. The van der Waals surface area contributed by atoms with Crippen molar-refractivity contribution >= 4 is 29.9 Å². The van der Waals surface area contributed by atoms with Crippen molar-refractivity contribution in [1.29, 1.82) is 0 Å². The van der Waals surface area contributed by atoms with Gasteiger partial charge in [0.1, 0.15) is 11.6 Å². The minimum atomic E-state index is -0.191. The van der Waals surface area contributed by atoms with E-state index in [0.29, 0.717) is 18.4 Å². The lowest BCUT2D eigenvalue weighted by Crippen LogP contribution is -2.37. The molecule has 0 atom stereocenters. The summed E-state index contributed by atoms with van der Waals surface area (Å²) in [6.07, 6.45) is 3.47. The third-order valence-corrected chi connectivity index (χ3v) is 3.75. The minimum absolute atomic E-state index is 0. The van der Waals surface area contributed by atoms with Gasteiger partial charge in [-0.1, -0.05) is 32.9 Å². The number of benzene rings is 1. The number of halogens is 2. The predicted octanol–water partition coefficient (Wildman–Crippen LogP) is 4.03. The third-order valence-electron chi connectivity index (χ3n) is 3.75. The topological polar surface area (TPSA) is 62.5 Å². The Bertz CT molecular complexity index is 710. The van der Waals surface area contributed by atoms with Gasteiger partial charge >= 0.3 is 0 Å². The maximum atomic E-state index is 13.1. The lowest BCUT2D eigenvalue weighted by molar-refractivity contribution is 0.379. The number of oxazole rings is 1. The second-order valence-corrected chi connectivity index (χ2v) is 6.95. The predicted molar refractivity (Wildman–Crippen MR) is 114 cm³/mol. The fourth-order valence-corrected chi connectivity index (χ4v) is 2.31. The Morgan fingerprint density at radius 1 is 1.27 bits per heavy atom. The van der Waals surface area contributed by atoms with Gasteiger partial charge in [-0.3, -0.25) is 4.99 Å². The van der Waals surface area contributed by atoms with Gasteiger partial charge in [-0.25, -0.2) is 9.37 Å². The van der Waals surface area contributed by atoms with E-state index in [1.165, 1.54) is 6.07 Å². The van der Waals surface area contributed by atoms with Gasteiger partial charge in [0.05, 0.1) is 12.7 Å². The first-order valence-electron chi connectivity index (χ1n) is 8.52. The summed E-state index contributed by atoms with van der Waals surface area (Å²) < 4.78 is 18.9. The van der Waals surface area contributed by atoms with E-state index in [4.69, 9.17) is 4.42 Å². The van der Waals surface area contributed by atoms with Gasteiger partial charge in [0.2, 0.25) is 5.89 Å². The van der Waals surface area contributed by atoms with E-state index in [-0.39, 0.29) is 35.2 Å². The summed E-state index contributed by atoms with van der Waals surface area (Å²) in [5, 5.41) is 6.42. The van der Waals surface area contributed by atoms with Crippen LogP contribution in [0.15, 0.2) is 39.9 Å². The molecule has 0 amide bonds. The zero-order valence-corrected chi connectivity index (χ0v) is 18.1. The molecule has 1 heterocycles. The smallest absolute Gasteiger partial charge is 0.213 e. The average molecular weight is 474 g/mol. The first-order valence-corrected chi connectivity index (χ1v) is 8.52. The van der Waals surface area contributed by atoms with Crippen molar-refractivity contribution in [2.45, 2.75) is 45.6 Å². The fraction of sp³-hybridized carbons (Fsp3) is 0.474. The summed E-state index contributed by atoms with van der Waals surface area (Å²) in [5.74, 6) is 1.99. The highest BCUT2D eigenvalue weighted by atomic mass is 127.